The van der Waals surface area contributed by atoms with Crippen molar-refractivity contribution in [1.82, 2.24) is 5.32 Å². The van der Waals surface area contributed by atoms with Gasteiger partial charge in [0.15, 0.2) is 0 Å². The van der Waals surface area contributed by atoms with Crippen molar-refractivity contribution in [2.75, 3.05) is 11.5 Å². The van der Waals surface area contributed by atoms with E-state index in [0.29, 0.717) is 23.6 Å². The summed E-state index contributed by atoms with van der Waals surface area (Å²) in [5, 5.41) is 4.08. The number of hydrogen-bond donors (Lipinski definition) is 1. The van der Waals surface area contributed by atoms with Crippen molar-refractivity contribution in [3.8, 4) is 5.75 Å². The molecule has 1 heterocycles. The molecule has 6 heteroatoms. The van der Waals surface area contributed by atoms with Gasteiger partial charge < -0.3 is 4.74 Å². The fourth-order valence-electron chi connectivity index (χ4n) is 3.78. The minimum absolute atomic E-state index is 0.128. The Bertz CT molecular complexity index is 1260. The van der Waals surface area contributed by atoms with Crippen molar-refractivity contribution in [3.05, 3.63) is 76.9 Å². The molecule has 1 fully saturated rings. The van der Waals surface area contributed by atoms with Gasteiger partial charge in [-0.2, -0.15) is 0 Å². The SMILES string of the molecule is CCOc1ccc2ccccc2c1/C=C1\C(=O)NC(=O)N(c2ccc(C)cc2C)C1=O. The second-order valence-electron chi connectivity index (χ2n) is 7.38. The molecule has 3 aromatic carbocycles. The van der Waals surface area contributed by atoms with Crippen LogP contribution < -0.4 is 15.0 Å². The van der Waals surface area contributed by atoms with E-state index in [4.69, 9.17) is 4.74 Å². The lowest BCUT2D eigenvalue weighted by molar-refractivity contribution is -0.122. The highest BCUT2D eigenvalue weighted by Crippen LogP contribution is 2.32. The van der Waals surface area contributed by atoms with E-state index >= 15 is 0 Å². The van der Waals surface area contributed by atoms with Gasteiger partial charge in [-0.3, -0.25) is 14.9 Å². The van der Waals surface area contributed by atoms with Crippen molar-refractivity contribution in [2.45, 2.75) is 20.8 Å². The Kier molecular flexibility index (Phi) is 5.29. The number of urea groups is 1. The molecule has 0 aliphatic carbocycles. The number of amides is 4. The zero-order valence-corrected chi connectivity index (χ0v) is 17.6. The number of nitrogens with zero attached hydrogens (tertiary/aromatic N) is 1. The summed E-state index contributed by atoms with van der Waals surface area (Å²) in [4.78, 5) is 39.5. The highest BCUT2D eigenvalue weighted by Gasteiger charge is 2.37. The molecule has 0 spiro atoms. The van der Waals surface area contributed by atoms with Crippen LogP contribution in [0.3, 0.4) is 0 Å². The molecule has 0 radical (unpaired) electrons. The first-order chi connectivity index (χ1) is 14.9. The van der Waals surface area contributed by atoms with E-state index in [1.54, 1.807) is 6.07 Å². The first-order valence-corrected chi connectivity index (χ1v) is 10.0. The number of aryl methyl sites for hydroxylation is 2. The van der Waals surface area contributed by atoms with Gasteiger partial charge in [-0.05, 0) is 55.3 Å². The Balaban J connectivity index is 1.87. The molecule has 6 nitrogen and oxygen atoms in total. The molecule has 31 heavy (non-hydrogen) atoms. The molecule has 0 aromatic heterocycles. The summed E-state index contributed by atoms with van der Waals surface area (Å²) in [7, 11) is 0. The summed E-state index contributed by atoms with van der Waals surface area (Å²) in [5.74, 6) is -0.841. The Morgan fingerprint density at radius 3 is 2.52 bits per heavy atom. The van der Waals surface area contributed by atoms with Gasteiger partial charge in [0.25, 0.3) is 11.8 Å². The third-order valence-electron chi connectivity index (χ3n) is 5.21. The number of rotatable bonds is 4. The molecular weight excluding hydrogens is 392 g/mol. The van der Waals surface area contributed by atoms with Gasteiger partial charge in [-0.1, -0.05) is 48.0 Å². The minimum Gasteiger partial charge on any atom is -0.493 e. The van der Waals surface area contributed by atoms with Crippen molar-refractivity contribution >= 4 is 40.4 Å². The number of ether oxygens (including phenoxy) is 1. The number of fused-ring (bicyclic) bond motifs is 1. The van der Waals surface area contributed by atoms with Gasteiger partial charge in [0.1, 0.15) is 11.3 Å². The van der Waals surface area contributed by atoms with Gasteiger partial charge in [0.05, 0.1) is 12.3 Å². The maximum absolute atomic E-state index is 13.3. The molecule has 4 amide bonds. The molecule has 4 rings (SSSR count). The Hall–Kier alpha value is -3.93. The van der Waals surface area contributed by atoms with Crippen LogP contribution in [0.5, 0.6) is 5.75 Å². The minimum atomic E-state index is -0.762. The maximum Gasteiger partial charge on any atom is 0.335 e. The summed E-state index contributed by atoms with van der Waals surface area (Å²) in [5.41, 5.74) is 2.70. The fourth-order valence-corrected chi connectivity index (χ4v) is 3.78. The smallest absolute Gasteiger partial charge is 0.335 e. The highest BCUT2D eigenvalue weighted by molar-refractivity contribution is 6.39. The van der Waals surface area contributed by atoms with Gasteiger partial charge in [0.2, 0.25) is 0 Å². The lowest BCUT2D eigenvalue weighted by Crippen LogP contribution is -2.54. The summed E-state index contributed by atoms with van der Waals surface area (Å²) in [6.45, 7) is 6.05. The summed E-state index contributed by atoms with van der Waals surface area (Å²) in [6, 6.07) is 16.0. The Morgan fingerprint density at radius 1 is 1.00 bits per heavy atom. The van der Waals surface area contributed by atoms with Crippen molar-refractivity contribution in [2.24, 2.45) is 0 Å². The van der Waals surface area contributed by atoms with Crippen LogP contribution in [-0.2, 0) is 9.59 Å². The molecule has 3 aromatic rings. The van der Waals surface area contributed by atoms with E-state index < -0.39 is 17.8 Å². The van der Waals surface area contributed by atoms with Gasteiger partial charge >= 0.3 is 6.03 Å². The lowest BCUT2D eigenvalue weighted by Gasteiger charge is -2.28. The molecular formula is C25H22N2O4. The van der Waals surface area contributed by atoms with E-state index in [-0.39, 0.29) is 5.57 Å². The van der Waals surface area contributed by atoms with Crippen LogP contribution in [0, 0.1) is 13.8 Å². The quantitative estimate of drug-likeness (QED) is 0.503. The zero-order valence-electron chi connectivity index (χ0n) is 17.6. The van der Waals surface area contributed by atoms with Crippen LogP contribution in [0.25, 0.3) is 16.8 Å². The summed E-state index contributed by atoms with van der Waals surface area (Å²) < 4.78 is 5.75. The molecule has 1 aliphatic rings. The van der Waals surface area contributed by atoms with Crippen molar-refractivity contribution < 1.29 is 19.1 Å². The van der Waals surface area contributed by atoms with E-state index in [1.807, 2.05) is 69.3 Å². The van der Waals surface area contributed by atoms with E-state index in [9.17, 15) is 14.4 Å². The molecule has 1 N–H and O–H groups in total. The monoisotopic (exact) mass is 414 g/mol. The number of carbonyl (C=O) groups excluding carboxylic acids is 3. The van der Waals surface area contributed by atoms with Crippen LogP contribution in [0.4, 0.5) is 10.5 Å². The fraction of sp³-hybridized carbons (Fsp3) is 0.160. The largest absolute Gasteiger partial charge is 0.493 e. The van der Waals surface area contributed by atoms with Gasteiger partial charge in [0, 0.05) is 5.56 Å². The third kappa shape index (κ3) is 3.68. The predicted molar refractivity (Wildman–Crippen MR) is 120 cm³/mol. The van der Waals surface area contributed by atoms with E-state index in [0.717, 1.165) is 26.8 Å². The Labute approximate surface area is 180 Å². The second kappa shape index (κ2) is 8.07. The Morgan fingerprint density at radius 2 is 1.77 bits per heavy atom. The topological polar surface area (TPSA) is 75.7 Å². The number of benzene rings is 3. The number of carbonyl (C=O) groups is 3. The molecule has 0 saturated carbocycles. The number of hydrogen-bond acceptors (Lipinski definition) is 4. The van der Waals surface area contributed by atoms with E-state index in [1.165, 1.54) is 6.08 Å². The van der Waals surface area contributed by atoms with Crippen LogP contribution >= 0.6 is 0 Å². The van der Waals surface area contributed by atoms with E-state index in [2.05, 4.69) is 5.32 Å². The molecule has 1 aliphatic heterocycles. The second-order valence-corrected chi connectivity index (χ2v) is 7.38. The normalized spacial score (nSPS) is 15.5. The highest BCUT2D eigenvalue weighted by atomic mass is 16.5. The van der Waals surface area contributed by atoms with Crippen molar-refractivity contribution in [1.29, 1.82) is 0 Å². The predicted octanol–water partition coefficient (Wildman–Crippen LogP) is 4.52. The van der Waals surface area contributed by atoms with Crippen LogP contribution in [0.15, 0.2) is 60.2 Å². The van der Waals surface area contributed by atoms with Crippen LogP contribution in [0.2, 0.25) is 0 Å². The lowest BCUT2D eigenvalue weighted by atomic mass is 9.99. The summed E-state index contributed by atoms with van der Waals surface area (Å²) >= 11 is 0. The third-order valence-corrected chi connectivity index (χ3v) is 5.21. The number of imide groups is 2. The molecule has 156 valence electrons. The average Bonchev–Trinajstić information content (AvgIpc) is 2.73. The number of nitrogens with one attached hydrogen (secondary N) is 1. The van der Waals surface area contributed by atoms with Crippen LogP contribution in [0.1, 0.15) is 23.6 Å². The first-order valence-electron chi connectivity index (χ1n) is 10.0. The van der Waals surface area contributed by atoms with Gasteiger partial charge in [-0.25, -0.2) is 9.69 Å². The average molecular weight is 414 g/mol. The van der Waals surface area contributed by atoms with Gasteiger partial charge in [-0.15, -0.1) is 0 Å². The molecule has 1 saturated heterocycles. The molecule has 0 atom stereocenters. The molecule has 0 unspecified atom stereocenters. The summed E-state index contributed by atoms with van der Waals surface area (Å²) in [6.07, 6.45) is 1.51. The maximum atomic E-state index is 13.3. The number of barbiturate groups is 1. The number of anilines is 1. The van der Waals surface area contributed by atoms with Crippen LogP contribution in [-0.4, -0.2) is 24.5 Å². The zero-order chi connectivity index (χ0) is 22.1. The standard InChI is InChI=1S/C25H22N2O4/c1-4-31-22-12-10-17-7-5-6-8-18(17)19(22)14-20-23(28)26-25(30)27(24(20)29)21-11-9-15(2)13-16(21)3/h5-14H,4H2,1-3H3,(H,26,28,30)/b20-14+. The van der Waals surface area contributed by atoms with Crippen molar-refractivity contribution in [3.63, 3.8) is 0 Å². The molecule has 0 bridgehead atoms. The first kappa shape index (κ1) is 20.3.